The highest BCUT2D eigenvalue weighted by molar-refractivity contribution is 5.71. The Bertz CT molecular complexity index is 1710. The number of ether oxygens (including phenoxy) is 3. The Morgan fingerprint density at radius 2 is 0.547 bits per heavy atom. The highest BCUT2D eigenvalue weighted by atomic mass is 16.6. The molecule has 0 N–H and O–H groups in total. The lowest BCUT2D eigenvalue weighted by Crippen LogP contribution is -2.30. The van der Waals surface area contributed by atoms with E-state index in [0.717, 1.165) is 141 Å². The molecule has 420 valence electrons. The Kier molecular flexibility index (Phi) is 57.5. The molecule has 0 spiro atoms. The van der Waals surface area contributed by atoms with Crippen LogP contribution in [0.2, 0.25) is 0 Å². The summed E-state index contributed by atoms with van der Waals surface area (Å²) in [7, 11) is 0. The van der Waals surface area contributed by atoms with E-state index in [1.807, 2.05) is 12.2 Å². The smallest absolute Gasteiger partial charge is 0.306 e. The van der Waals surface area contributed by atoms with Crippen LogP contribution < -0.4 is 0 Å². The Labute approximate surface area is 460 Å². The van der Waals surface area contributed by atoms with Gasteiger partial charge >= 0.3 is 17.9 Å². The summed E-state index contributed by atoms with van der Waals surface area (Å²) in [6.45, 7) is 6.29. The van der Waals surface area contributed by atoms with E-state index in [2.05, 4.69) is 167 Å². The van der Waals surface area contributed by atoms with Gasteiger partial charge in [0.05, 0.1) is 0 Å². The van der Waals surface area contributed by atoms with Crippen LogP contribution in [0.5, 0.6) is 0 Å². The van der Waals surface area contributed by atoms with Crippen molar-refractivity contribution in [2.45, 2.75) is 245 Å². The van der Waals surface area contributed by atoms with Crippen LogP contribution in [0, 0.1) is 0 Å². The third-order valence-corrected chi connectivity index (χ3v) is 12.0. The first-order valence-electron chi connectivity index (χ1n) is 30.0. The van der Waals surface area contributed by atoms with E-state index in [4.69, 9.17) is 14.2 Å². The zero-order chi connectivity index (χ0) is 54.3. The fourth-order valence-corrected chi connectivity index (χ4v) is 7.58. The van der Waals surface area contributed by atoms with Crippen molar-refractivity contribution in [3.05, 3.63) is 158 Å². The molecule has 0 aliphatic rings. The number of hydrogen-bond acceptors (Lipinski definition) is 6. The summed E-state index contributed by atoms with van der Waals surface area (Å²) < 4.78 is 16.8. The molecule has 6 nitrogen and oxygen atoms in total. The normalized spacial score (nSPS) is 13.3. The van der Waals surface area contributed by atoms with Crippen LogP contribution in [0.1, 0.15) is 239 Å². The molecule has 0 rings (SSSR count). The summed E-state index contributed by atoms with van der Waals surface area (Å²) in [5, 5.41) is 0. The molecule has 0 aromatic heterocycles. The van der Waals surface area contributed by atoms with Gasteiger partial charge in [-0.25, -0.2) is 0 Å². The van der Waals surface area contributed by atoms with E-state index < -0.39 is 12.1 Å². The highest BCUT2D eigenvalue weighted by Gasteiger charge is 2.19. The van der Waals surface area contributed by atoms with E-state index in [1.54, 1.807) is 0 Å². The Balaban J connectivity index is 4.58. The van der Waals surface area contributed by atoms with Crippen molar-refractivity contribution < 1.29 is 28.6 Å². The minimum Gasteiger partial charge on any atom is -0.462 e. The zero-order valence-electron chi connectivity index (χ0n) is 48.0. The van der Waals surface area contributed by atoms with Crippen molar-refractivity contribution in [2.75, 3.05) is 13.2 Å². The van der Waals surface area contributed by atoms with Crippen molar-refractivity contribution in [2.24, 2.45) is 0 Å². The molecule has 0 amide bonds. The molecular weight excluding hydrogens is 925 g/mol. The Morgan fingerprint density at radius 1 is 0.280 bits per heavy atom. The molecule has 0 aliphatic heterocycles. The number of rotatable bonds is 52. The molecule has 6 heteroatoms. The predicted octanol–water partition coefficient (Wildman–Crippen LogP) is 20.5. The molecule has 0 fully saturated rings. The minimum atomic E-state index is -0.839. The van der Waals surface area contributed by atoms with Gasteiger partial charge in [0.1, 0.15) is 13.2 Å². The van der Waals surface area contributed by atoms with Crippen molar-refractivity contribution >= 4 is 17.9 Å². The number of allylic oxidation sites excluding steroid dienone is 26. The Morgan fingerprint density at radius 3 is 0.867 bits per heavy atom. The minimum absolute atomic E-state index is 0.126. The van der Waals surface area contributed by atoms with Crippen LogP contribution >= 0.6 is 0 Å². The van der Waals surface area contributed by atoms with Gasteiger partial charge in [0.25, 0.3) is 0 Å². The van der Waals surface area contributed by atoms with Gasteiger partial charge in [-0.15, -0.1) is 0 Å². The molecule has 0 saturated carbocycles. The van der Waals surface area contributed by atoms with Crippen molar-refractivity contribution in [1.82, 2.24) is 0 Å². The lowest BCUT2D eigenvalue weighted by molar-refractivity contribution is -0.166. The molecule has 0 saturated heterocycles. The van der Waals surface area contributed by atoms with Crippen molar-refractivity contribution in [3.63, 3.8) is 0 Å². The predicted molar refractivity (Wildman–Crippen MR) is 325 cm³/mol. The van der Waals surface area contributed by atoms with Crippen molar-refractivity contribution in [1.29, 1.82) is 0 Å². The first-order chi connectivity index (χ1) is 37.0. The zero-order valence-corrected chi connectivity index (χ0v) is 48.0. The summed E-state index contributed by atoms with van der Waals surface area (Å²) in [5.41, 5.74) is 0. The van der Waals surface area contributed by atoms with Crippen LogP contribution in [0.3, 0.4) is 0 Å². The average molecular weight is 1030 g/mol. The molecule has 0 heterocycles. The van der Waals surface area contributed by atoms with Gasteiger partial charge in [0, 0.05) is 19.3 Å². The van der Waals surface area contributed by atoms with Gasteiger partial charge in [0.15, 0.2) is 6.10 Å². The van der Waals surface area contributed by atoms with Gasteiger partial charge in [-0.1, -0.05) is 243 Å². The summed E-state index contributed by atoms with van der Waals surface area (Å²) in [6, 6.07) is 0. The quantitative estimate of drug-likeness (QED) is 0.0261. The van der Waals surface area contributed by atoms with E-state index in [-0.39, 0.29) is 31.6 Å². The second kappa shape index (κ2) is 61.6. The SMILES string of the molecule is CC/C=C\C/C=C\C/C=C\C/C=C\C/C=C\C/C=C\CCC(=O)OC(COC(=O)CCCCCCC/C=C\C/C=C\C/C=C\C/C=C\C/C=C\CC)COC(=O)CCCCCCCCC/C=C\C/C=C\CCCCC. The molecule has 0 radical (unpaired) electrons. The molecular formula is C69H108O6. The maximum Gasteiger partial charge on any atom is 0.306 e. The molecule has 1 unspecified atom stereocenters. The van der Waals surface area contributed by atoms with E-state index in [9.17, 15) is 14.4 Å². The standard InChI is InChI=1S/C69H108O6/c1-4-7-10-13-16-19-22-25-28-31-33-34-36-38-41-44-47-50-53-56-59-62-68(71)74-65-66(64-73-67(70)61-58-55-52-49-46-43-40-37-30-27-24-21-18-15-12-9-6-3)75-69(72)63-60-57-54-51-48-45-42-39-35-32-29-26-23-20-17-14-11-8-5-2/h7-8,10-11,16-21,25-30,33-35,38-39,41,45,48,54,57,66H,4-6,9,12-15,22-24,31-32,36-37,40,42-44,46-47,49-53,55-56,58-65H2,1-3H3/b10-7-,11-8-,19-16-,20-17-,21-18-,28-25-,29-26-,30-27-,34-33-,39-35-,41-38-,48-45-,57-54-. The summed E-state index contributed by atoms with van der Waals surface area (Å²) in [5.74, 6) is -1.04. The first-order valence-corrected chi connectivity index (χ1v) is 30.0. The monoisotopic (exact) mass is 1030 g/mol. The third kappa shape index (κ3) is 59.8. The second-order valence-corrected chi connectivity index (χ2v) is 19.1. The van der Waals surface area contributed by atoms with E-state index in [0.29, 0.717) is 19.3 Å². The maximum absolute atomic E-state index is 12.9. The van der Waals surface area contributed by atoms with Gasteiger partial charge < -0.3 is 14.2 Å². The van der Waals surface area contributed by atoms with Gasteiger partial charge in [-0.3, -0.25) is 14.4 Å². The Hall–Kier alpha value is -4.97. The first kappa shape index (κ1) is 70.0. The average Bonchev–Trinajstić information content (AvgIpc) is 3.41. The van der Waals surface area contributed by atoms with Crippen LogP contribution in [-0.4, -0.2) is 37.2 Å². The molecule has 0 aromatic rings. The lowest BCUT2D eigenvalue weighted by atomic mass is 10.1. The fourth-order valence-electron chi connectivity index (χ4n) is 7.58. The largest absolute Gasteiger partial charge is 0.462 e. The van der Waals surface area contributed by atoms with Crippen LogP contribution in [0.25, 0.3) is 0 Å². The molecule has 1 atom stereocenters. The fraction of sp³-hybridized carbons (Fsp3) is 0.580. The number of hydrogen-bond donors (Lipinski definition) is 0. The maximum atomic E-state index is 12.9. The van der Waals surface area contributed by atoms with Gasteiger partial charge in [-0.05, 0) is 135 Å². The van der Waals surface area contributed by atoms with Gasteiger partial charge in [0.2, 0.25) is 0 Å². The number of unbranched alkanes of at least 4 members (excludes halogenated alkanes) is 15. The molecule has 0 aromatic carbocycles. The highest BCUT2D eigenvalue weighted by Crippen LogP contribution is 2.13. The second-order valence-electron chi connectivity index (χ2n) is 19.1. The van der Waals surface area contributed by atoms with Crippen molar-refractivity contribution in [3.8, 4) is 0 Å². The summed E-state index contributed by atoms with van der Waals surface area (Å²) >= 11 is 0. The number of esters is 3. The third-order valence-electron chi connectivity index (χ3n) is 12.0. The number of carbonyl (C=O) groups excluding carboxylic acids is 3. The summed E-state index contributed by atoms with van der Waals surface area (Å²) in [6.07, 6.45) is 89.5. The van der Waals surface area contributed by atoms with E-state index >= 15 is 0 Å². The molecule has 0 aliphatic carbocycles. The summed E-state index contributed by atoms with van der Waals surface area (Å²) in [4.78, 5) is 38.2. The molecule has 75 heavy (non-hydrogen) atoms. The van der Waals surface area contributed by atoms with Crippen LogP contribution in [0.4, 0.5) is 0 Å². The lowest BCUT2D eigenvalue weighted by Gasteiger charge is -2.18. The topological polar surface area (TPSA) is 78.9 Å². The van der Waals surface area contributed by atoms with Gasteiger partial charge in [-0.2, -0.15) is 0 Å². The molecule has 0 bridgehead atoms. The number of carbonyl (C=O) groups is 3. The van der Waals surface area contributed by atoms with Crippen LogP contribution in [-0.2, 0) is 28.6 Å². The van der Waals surface area contributed by atoms with E-state index in [1.165, 1.54) is 51.4 Å². The van der Waals surface area contributed by atoms with Crippen LogP contribution in [0.15, 0.2) is 158 Å².